The number of carbonyl (C=O) groups is 1. The van der Waals surface area contributed by atoms with Crippen LogP contribution in [0.1, 0.15) is 0 Å². The molecule has 0 aliphatic rings. The molecule has 0 saturated carbocycles. The van der Waals surface area contributed by atoms with Gasteiger partial charge in [0.2, 0.25) is 11.1 Å². The Kier molecular flexibility index (Phi) is 3.78. The molecule has 2 aromatic rings. The number of anilines is 1. The molecule has 2 rings (SSSR count). The minimum atomic E-state index is -0.261. The van der Waals surface area contributed by atoms with Crippen LogP contribution in [0.5, 0.6) is 5.75 Å². The van der Waals surface area contributed by atoms with Crippen molar-refractivity contribution in [2.24, 2.45) is 0 Å². The highest BCUT2D eigenvalue weighted by molar-refractivity contribution is 8.00. The lowest BCUT2D eigenvalue weighted by molar-refractivity contribution is -0.117. The highest BCUT2D eigenvalue weighted by Crippen LogP contribution is 2.14. The van der Waals surface area contributed by atoms with Crippen molar-refractivity contribution in [2.75, 3.05) is 5.32 Å². The Morgan fingerprint density at radius 2 is 2.17 bits per heavy atom. The normalized spacial score (nSPS) is 10.3. The molecule has 1 amide bonds. The van der Waals surface area contributed by atoms with Crippen molar-refractivity contribution in [2.45, 2.75) is 11.7 Å². The molecule has 0 unspecified atom stereocenters. The van der Waals surface area contributed by atoms with E-state index in [1.54, 1.807) is 12.1 Å². The van der Waals surface area contributed by atoms with Crippen molar-refractivity contribution in [3.63, 3.8) is 0 Å². The number of hydrogen-bond donors (Lipinski definition) is 2. The van der Waals surface area contributed by atoms with Crippen LogP contribution < -0.4 is 5.32 Å². The molecule has 1 radical (unpaired) electrons. The smallest absolute Gasteiger partial charge is 0.246 e. The van der Waals surface area contributed by atoms with Gasteiger partial charge in [-0.25, -0.2) is 4.68 Å². The summed E-state index contributed by atoms with van der Waals surface area (Å²) in [5.74, 6) is -0.118. The third-order valence-corrected chi connectivity index (χ3v) is 2.62. The van der Waals surface area contributed by atoms with Crippen LogP contribution in [0, 0.1) is 6.26 Å². The third-order valence-electron chi connectivity index (χ3n) is 2.07. The second kappa shape index (κ2) is 5.50. The number of aromatic hydroxyl groups is 1. The van der Waals surface area contributed by atoms with Crippen molar-refractivity contribution in [3.8, 4) is 5.75 Å². The number of phenolic OH excluding ortho intramolecular Hbond substituents is 1. The van der Waals surface area contributed by atoms with Gasteiger partial charge in [-0.2, -0.15) is 0 Å². The van der Waals surface area contributed by atoms with Gasteiger partial charge < -0.3 is 10.4 Å². The fraction of sp³-hybridized carbons (Fsp3) is 0.100. The van der Waals surface area contributed by atoms with Crippen molar-refractivity contribution in [1.82, 2.24) is 20.2 Å². The maximum absolute atomic E-state index is 11.7. The van der Waals surface area contributed by atoms with Crippen LogP contribution in [0.3, 0.4) is 0 Å². The molecular formula is C10H10N5O2S. The quantitative estimate of drug-likeness (QED) is 0.629. The van der Waals surface area contributed by atoms with E-state index < -0.39 is 0 Å². The van der Waals surface area contributed by atoms with Crippen LogP contribution >= 0.6 is 11.8 Å². The van der Waals surface area contributed by atoms with Gasteiger partial charge in [0.05, 0.1) is 0 Å². The summed E-state index contributed by atoms with van der Waals surface area (Å²) in [4.78, 5) is 11.7. The van der Waals surface area contributed by atoms with Gasteiger partial charge >= 0.3 is 0 Å². The number of nitrogens with one attached hydrogen (secondary N) is 1. The van der Waals surface area contributed by atoms with Gasteiger partial charge in [-0.05, 0) is 34.7 Å². The maximum Gasteiger partial charge on any atom is 0.246 e. The second-order valence-electron chi connectivity index (χ2n) is 3.36. The Labute approximate surface area is 107 Å². The summed E-state index contributed by atoms with van der Waals surface area (Å²) in [7, 11) is 0. The van der Waals surface area contributed by atoms with Gasteiger partial charge in [-0.3, -0.25) is 4.79 Å². The number of thioether (sulfide) groups is 1. The zero-order valence-corrected chi connectivity index (χ0v) is 10.1. The summed E-state index contributed by atoms with van der Waals surface area (Å²) >= 11 is 1.12. The standard InChI is InChI=1S/C10H10N5O2S/c1-18-10-12-13-14-15(10)6-9(17)11-7-2-4-8(16)5-3-7/h2-5,16H,1,6H2,(H,11,17). The van der Waals surface area contributed by atoms with E-state index in [1.165, 1.54) is 16.8 Å². The Morgan fingerprint density at radius 1 is 1.44 bits per heavy atom. The first kappa shape index (κ1) is 12.4. The SMILES string of the molecule is [CH2]Sc1nnnn1CC(=O)Nc1ccc(O)cc1. The summed E-state index contributed by atoms with van der Waals surface area (Å²) in [6.45, 7) is 0.00568. The zero-order chi connectivity index (χ0) is 13.0. The molecule has 0 atom stereocenters. The largest absolute Gasteiger partial charge is 0.508 e. The summed E-state index contributed by atoms with van der Waals surface area (Å²) in [6, 6.07) is 6.18. The van der Waals surface area contributed by atoms with Crippen molar-refractivity contribution < 1.29 is 9.90 Å². The van der Waals surface area contributed by atoms with E-state index in [0.29, 0.717) is 10.8 Å². The zero-order valence-electron chi connectivity index (χ0n) is 9.28. The van der Waals surface area contributed by atoms with E-state index >= 15 is 0 Å². The Morgan fingerprint density at radius 3 is 2.83 bits per heavy atom. The molecule has 0 aliphatic heterocycles. The lowest BCUT2D eigenvalue weighted by Crippen LogP contribution is -2.20. The van der Waals surface area contributed by atoms with Gasteiger partial charge in [-0.1, -0.05) is 11.8 Å². The molecule has 0 saturated heterocycles. The third kappa shape index (κ3) is 2.98. The van der Waals surface area contributed by atoms with Gasteiger partial charge in [0.1, 0.15) is 12.3 Å². The molecule has 7 nitrogen and oxygen atoms in total. The number of rotatable bonds is 4. The van der Waals surface area contributed by atoms with E-state index in [2.05, 4.69) is 27.1 Å². The van der Waals surface area contributed by atoms with E-state index in [0.717, 1.165) is 11.8 Å². The number of aromatic nitrogens is 4. The van der Waals surface area contributed by atoms with Crippen LogP contribution in [0.25, 0.3) is 0 Å². The highest BCUT2D eigenvalue weighted by atomic mass is 32.2. The van der Waals surface area contributed by atoms with E-state index in [4.69, 9.17) is 5.11 Å². The average molecular weight is 264 g/mol. The Hall–Kier alpha value is -2.09. The van der Waals surface area contributed by atoms with Crippen molar-refractivity contribution in [1.29, 1.82) is 0 Å². The number of phenols is 1. The van der Waals surface area contributed by atoms with Crippen LogP contribution in [0.2, 0.25) is 0 Å². The second-order valence-corrected chi connectivity index (χ2v) is 4.01. The fourth-order valence-electron chi connectivity index (χ4n) is 1.28. The van der Waals surface area contributed by atoms with E-state index in [-0.39, 0.29) is 18.2 Å². The van der Waals surface area contributed by atoms with Gasteiger partial charge in [0, 0.05) is 11.9 Å². The van der Waals surface area contributed by atoms with E-state index in [1.807, 2.05) is 0 Å². The van der Waals surface area contributed by atoms with Crippen LogP contribution in [-0.2, 0) is 11.3 Å². The van der Waals surface area contributed by atoms with Gasteiger partial charge in [0.15, 0.2) is 0 Å². The number of tetrazole rings is 1. The predicted octanol–water partition coefficient (Wildman–Crippen LogP) is 0.901. The fourth-order valence-corrected chi connectivity index (χ4v) is 1.62. The molecule has 2 N–H and O–H groups in total. The van der Waals surface area contributed by atoms with Gasteiger partial charge in [0.25, 0.3) is 0 Å². The lowest BCUT2D eigenvalue weighted by Gasteiger charge is -2.05. The first-order valence-corrected chi connectivity index (χ1v) is 5.94. The first-order chi connectivity index (χ1) is 8.69. The molecular weight excluding hydrogens is 254 g/mol. The first-order valence-electron chi connectivity index (χ1n) is 4.96. The molecule has 1 aromatic heterocycles. The van der Waals surface area contributed by atoms with Crippen molar-refractivity contribution in [3.05, 3.63) is 30.5 Å². The number of nitrogens with zero attached hydrogens (tertiary/aromatic N) is 4. The molecule has 18 heavy (non-hydrogen) atoms. The minimum absolute atomic E-state index is 0.00568. The molecule has 1 heterocycles. The highest BCUT2D eigenvalue weighted by Gasteiger charge is 2.09. The summed E-state index contributed by atoms with van der Waals surface area (Å²) in [6.07, 6.45) is 3.58. The molecule has 0 spiro atoms. The molecule has 0 aliphatic carbocycles. The van der Waals surface area contributed by atoms with Crippen LogP contribution in [0.15, 0.2) is 29.4 Å². The number of hydrogen-bond acceptors (Lipinski definition) is 6. The molecule has 0 bridgehead atoms. The van der Waals surface area contributed by atoms with Crippen molar-refractivity contribution >= 4 is 23.4 Å². The summed E-state index contributed by atoms with van der Waals surface area (Å²) in [5.41, 5.74) is 0.592. The number of amides is 1. The predicted molar refractivity (Wildman–Crippen MR) is 65.8 cm³/mol. The monoisotopic (exact) mass is 264 g/mol. The molecule has 1 aromatic carbocycles. The summed E-state index contributed by atoms with van der Waals surface area (Å²) in [5, 5.41) is 23.1. The number of benzene rings is 1. The lowest BCUT2D eigenvalue weighted by atomic mass is 10.3. The number of carbonyl (C=O) groups excluding carboxylic acids is 1. The molecule has 93 valence electrons. The Balaban J connectivity index is 1.99. The Bertz CT molecular complexity index is 539. The maximum atomic E-state index is 11.7. The topological polar surface area (TPSA) is 92.9 Å². The average Bonchev–Trinajstić information content (AvgIpc) is 2.79. The van der Waals surface area contributed by atoms with Crippen LogP contribution in [-0.4, -0.2) is 31.2 Å². The minimum Gasteiger partial charge on any atom is -0.508 e. The van der Waals surface area contributed by atoms with E-state index in [9.17, 15) is 4.79 Å². The summed E-state index contributed by atoms with van der Waals surface area (Å²) < 4.78 is 1.35. The van der Waals surface area contributed by atoms with Gasteiger partial charge in [-0.15, -0.1) is 5.10 Å². The van der Waals surface area contributed by atoms with Crippen LogP contribution in [0.4, 0.5) is 5.69 Å². The molecule has 8 heteroatoms. The molecule has 0 fully saturated rings.